The number of nitrogen functional groups attached to an aromatic ring is 1. The summed E-state index contributed by atoms with van der Waals surface area (Å²) in [5.41, 5.74) is 8.66. The van der Waals surface area contributed by atoms with E-state index in [4.69, 9.17) is 15.2 Å². The molecule has 1 saturated heterocycles. The van der Waals surface area contributed by atoms with Crippen LogP contribution in [-0.2, 0) is 27.2 Å². The molecule has 1 unspecified atom stereocenters. The first-order chi connectivity index (χ1) is 14.6. The molecule has 1 aromatic carbocycles. The zero-order valence-electron chi connectivity index (χ0n) is 16.8. The van der Waals surface area contributed by atoms with Crippen LogP contribution in [0.4, 0.5) is 11.4 Å². The Balaban J connectivity index is 1.78. The number of nitrogens with two attached hydrogens (primary N) is 1. The van der Waals surface area contributed by atoms with Gasteiger partial charge in [0.2, 0.25) is 0 Å². The summed E-state index contributed by atoms with van der Waals surface area (Å²) < 4.78 is 12.3. The van der Waals surface area contributed by atoms with Gasteiger partial charge in [-0.1, -0.05) is 30.3 Å². The van der Waals surface area contributed by atoms with Gasteiger partial charge in [-0.2, -0.15) is 0 Å². The minimum atomic E-state index is -0.553. The number of methoxy groups -OCH3 is 1. The molecule has 30 heavy (non-hydrogen) atoms. The van der Waals surface area contributed by atoms with Crippen LogP contribution in [0.15, 0.2) is 42.6 Å². The van der Waals surface area contributed by atoms with E-state index in [1.54, 1.807) is 10.6 Å². The molecule has 2 aromatic heterocycles. The number of ether oxygens (including phenoxy) is 2. The maximum atomic E-state index is 12.7. The number of hydrogen-bond donors (Lipinski definition) is 2. The predicted molar refractivity (Wildman–Crippen MR) is 113 cm³/mol. The molecule has 0 bridgehead atoms. The van der Waals surface area contributed by atoms with Crippen molar-refractivity contribution in [1.29, 1.82) is 0 Å². The molecular formula is C22H24N4O4. The van der Waals surface area contributed by atoms with Gasteiger partial charge in [-0.05, 0) is 30.9 Å². The van der Waals surface area contributed by atoms with Crippen LogP contribution in [0.2, 0.25) is 0 Å². The van der Waals surface area contributed by atoms with E-state index in [1.165, 1.54) is 13.3 Å². The number of pyridine rings is 1. The lowest BCUT2D eigenvalue weighted by atomic mass is 10.1. The van der Waals surface area contributed by atoms with E-state index in [1.807, 2.05) is 30.3 Å². The summed E-state index contributed by atoms with van der Waals surface area (Å²) in [6.45, 7) is 1.03. The Labute approximate surface area is 174 Å². The smallest absolute Gasteiger partial charge is 0.356 e. The van der Waals surface area contributed by atoms with Crippen LogP contribution in [-0.4, -0.2) is 41.2 Å². The second kappa shape index (κ2) is 8.54. The zero-order valence-corrected chi connectivity index (χ0v) is 16.8. The van der Waals surface area contributed by atoms with Gasteiger partial charge in [0, 0.05) is 18.5 Å². The fraction of sp³-hybridized carbons (Fsp3) is 0.318. The van der Waals surface area contributed by atoms with Crippen molar-refractivity contribution in [3.63, 3.8) is 0 Å². The number of rotatable bonds is 6. The fourth-order valence-corrected chi connectivity index (χ4v) is 3.77. The van der Waals surface area contributed by atoms with Crippen LogP contribution < -0.4 is 11.1 Å². The summed E-state index contributed by atoms with van der Waals surface area (Å²) in [5, 5.41) is 3.47. The van der Waals surface area contributed by atoms with Gasteiger partial charge in [0.05, 0.1) is 24.7 Å². The molecule has 3 N–H and O–H groups in total. The molecule has 1 aliphatic rings. The van der Waals surface area contributed by atoms with Crippen LogP contribution in [0, 0.1) is 0 Å². The van der Waals surface area contributed by atoms with E-state index >= 15 is 0 Å². The molecule has 4 rings (SSSR count). The minimum Gasteiger partial charge on any atom is -0.464 e. The number of fused-ring (bicyclic) bond motifs is 1. The van der Waals surface area contributed by atoms with Gasteiger partial charge in [-0.15, -0.1) is 0 Å². The third-order valence-electron chi connectivity index (χ3n) is 5.24. The minimum absolute atomic E-state index is 0.243. The van der Waals surface area contributed by atoms with Crippen LogP contribution in [0.1, 0.15) is 28.9 Å². The highest BCUT2D eigenvalue weighted by Crippen LogP contribution is 2.33. The van der Waals surface area contributed by atoms with Crippen molar-refractivity contribution in [1.82, 2.24) is 9.55 Å². The van der Waals surface area contributed by atoms with Crippen molar-refractivity contribution < 1.29 is 19.1 Å². The molecule has 1 aliphatic heterocycles. The average Bonchev–Trinajstić information content (AvgIpc) is 3.40. The number of nitrogens with zero attached hydrogens (tertiary/aromatic N) is 2. The third kappa shape index (κ3) is 3.86. The molecule has 8 heteroatoms. The van der Waals surface area contributed by atoms with Crippen LogP contribution in [0.5, 0.6) is 0 Å². The van der Waals surface area contributed by atoms with Gasteiger partial charge in [0.15, 0.2) is 5.69 Å². The van der Waals surface area contributed by atoms with Gasteiger partial charge < -0.3 is 25.1 Å². The van der Waals surface area contributed by atoms with E-state index in [0.717, 1.165) is 12.0 Å². The number of hydrogen-bond acceptors (Lipinski definition) is 6. The lowest BCUT2D eigenvalue weighted by Gasteiger charge is -2.13. The highest BCUT2D eigenvalue weighted by molar-refractivity contribution is 6.11. The summed E-state index contributed by atoms with van der Waals surface area (Å²) in [6.07, 6.45) is 3.16. The molecule has 156 valence electrons. The summed E-state index contributed by atoms with van der Waals surface area (Å²) in [6, 6.07) is 11.6. The number of anilines is 2. The molecule has 1 atom stereocenters. The summed E-state index contributed by atoms with van der Waals surface area (Å²) in [4.78, 5) is 29.9. The van der Waals surface area contributed by atoms with Crippen molar-refractivity contribution in [2.24, 2.45) is 0 Å². The molecule has 1 fully saturated rings. The second-order valence-corrected chi connectivity index (χ2v) is 7.23. The largest absolute Gasteiger partial charge is 0.464 e. The Kier molecular flexibility index (Phi) is 5.67. The molecule has 0 spiro atoms. The maximum Gasteiger partial charge on any atom is 0.356 e. The SMILES string of the molecule is COC(=O)c1c(NC(=O)C2CCCO2)c2cc(N)cnc2n1CCc1ccccc1. The van der Waals surface area contributed by atoms with Gasteiger partial charge in [0.25, 0.3) is 5.91 Å². The molecule has 3 aromatic rings. The Morgan fingerprint density at radius 2 is 2.13 bits per heavy atom. The summed E-state index contributed by atoms with van der Waals surface area (Å²) in [5.74, 6) is -0.843. The number of nitrogens with one attached hydrogen (secondary N) is 1. The molecule has 1 amide bonds. The first kappa shape index (κ1) is 19.9. The molecular weight excluding hydrogens is 384 g/mol. The highest BCUT2D eigenvalue weighted by Gasteiger charge is 2.29. The Morgan fingerprint density at radius 3 is 2.83 bits per heavy atom. The zero-order chi connectivity index (χ0) is 21.1. The van der Waals surface area contributed by atoms with Gasteiger partial charge in [-0.25, -0.2) is 9.78 Å². The van der Waals surface area contributed by atoms with E-state index in [-0.39, 0.29) is 11.6 Å². The number of aromatic nitrogens is 2. The average molecular weight is 408 g/mol. The number of esters is 1. The molecule has 3 heterocycles. The van der Waals surface area contributed by atoms with Crippen LogP contribution in [0.25, 0.3) is 11.0 Å². The standard InChI is InChI=1S/C22H24N4O4/c1-29-22(28)19-18(25-21(27)17-8-5-11-30-17)16-12-15(23)13-24-20(16)26(19)10-9-14-6-3-2-4-7-14/h2-4,6-7,12-13,17H,5,8-11,23H2,1H3,(H,25,27). The normalized spacial score (nSPS) is 16.0. The lowest BCUT2D eigenvalue weighted by molar-refractivity contribution is -0.124. The van der Waals surface area contributed by atoms with Crippen LogP contribution >= 0.6 is 0 Å². The van der Waals surface area contributed by atoms with E-state index in [9.17, 15) is 9.59 Å². The highest BCUT2D eigenvalue weighted by atomic mass is 16.5. The Bertz CT molecular complexity index is 1070. The number of amides is 1. The van der Waals surface area contributed by atoms with Crippen molar-refractivity contribution in [3.8, 4) is 0 Å². The molecule has 0 saturated carbocycles. The van der Waals surface area contributed by atoms with Crippen LogP contribution in [0.3, 0.4) is 0 Å². The van der Waals surface area contributed by atoms with Gasteiger partial charge in [0.1, 0.15) is 11.8 Å². The molecule has 0 radical (unpaired) electrons. The van der Waals surface area contributed by atoms with Crippen molar-refractivity contribution in [3.05, 3.63) is 53.9 Å². The first-order valence-corrected chi connectivity index (χ1v) is 9.91. The maximum absolute atomic E-state index is 12.7. The molecule has 8 nitrogen and oxygen atoms in total. The van der Waals surface area contributed by atoms with Crippen molar-refractivity contribution >= 4 is 34.3 Å². The Morgan fingerprint density at radius 1 is 1.33 bits per heavy atom. The summed E-state index contributed by atoms with van der Waals surface area (Å²) >= 11 is 0. The first-order valence-electron chi connectivity index (χ1n) is 9.91. The number of aryl methyl sites for hydroxylation is 2. The second-order valence-electron chi connectivity index (χ2n) is 7.23. The van der Waals surface area contributed by atoms with Gasteiger partial charge >= 0.3 is 5.97 Å². The summed E-state index contributed by atoms with van der Waals surface area (Å²) in [7, 11) is 1.31. The topological polar surface area (TPSA) is 108 Å². The number of carbonyl (C=O) groups excluding carboxylic acids is 2. The van der Waals surface area contributed by atoms with E-state index < -0.39 is 12.1 Å². The quantitative estimate of drug-likeness (QED) is 0.607. The lowest BCUT2D eigenvalue weighted by Crippen LogP contribution is -2.28. The number of benzene rings is 1. The Hall–Kier alpha value is -3.39. The fourth-order valence-electron chi connectivity index (χ4n) is 3.77. The van der Waals surface area contributed by atoms with Crippen molar-refractivity contribution in [2.45, 2.75) is 31.9 Å². The predicted octanol–water partition coefficient (Wildman–Crippen LogP) is 2.77. The van der Waals surface area contributed by atoms with E-state index in [0.29, 0.717) is 48.4 Å². The van der Waals surface area contributed by atoms with Gasteiger partial charge in [-0.3, -0.25) is 4.79 Å². The van der Waals surface area contributed by atoms with Crippen molar-refractivity contribution in [2.75, 3.05) is 24.8 Å². The monoisotopic (exact) mass is 408 g/mol. The third-order valence-corrected chi connectivity index (χ3v) is 5.24. The number of carbonyl (C=O) groups is 2. The molecule has 0 aliphatic carbocycles. The van der Waals surface area contributed by atoms with E-state index in [2.05, 4.69) is 10.3 Å².